The zero-order valence-corrected chi connectivity index (χ0v) is 9.64. The lowest BCUT2D eigenvalue weighted by Crippen LogP contribution is -2.30. The van der Waals surface area contributed by atoms with Crippen molar-refractivity contribution in [3.8, 4) is 11.5 Å². The van der Waals surface area contributed by atoms with Gasteiger partial charge in [0.2, 0.25) is 12.7 Å². The molecule has 2 rings (SSSR count). The third-order valence-corrected chi connectivity index (χ3v) is 2.58. The first-order valence-electron chi connectivity index (χ1n) is 5.50. The fraction of sp³-hybridized carbons (Fsp3) is 0.417. The van der Waals surface area contributed by atoms with Crippen molar-refractivity contribution in [1.82, 2.24) is 0 Å². The van der Waals surface area contributed by atoms with Gasteiger partial charge in [-0.3, -0.25) is 4.79 Å². The van der Waals surface area contributed by atoms with Crippen LogP contribution in [0.15, 0.2) is 18.2 Å². The average molecular weight is 237 g/mol. The summed E-state index contributed by atoms with van der Waals surface area (Å²) in [7, 11) is 0. The molecule has 0 aliphatic carbocycles. The third-order valence-electron chi connectivity index (χ3n) is 2.58. The van der Waals surface area contributed by atoms with Gasteiger partial charge in [0.15, 0.2) is 11.5 Å². The highest BCUT2D eigenvalue weighted by Crippen LogP contribution is 2.32. The molecule has 1 aliphatic rings. The van der Waals surface area contributed by atoms with Gasteiger partial charge >= 0.3 is 0 Å². The number of ether oxygens (including phenoxy) is 3. The van der Waals surface area contributed by atoms with Crippen molar-refractivity contribution in [2.24, 2.45) is 5.73 Å². The highest BCUT2D eigenvalue weighted by atomic mass is 16.7. The van der Waals surface area contributed by atoms with E-state index in [1.165, 1.54) is 0 Å². The average Bonchev–Trinajstić information content (AvgIpc) is 2.76. The molecular weight excluding hydrogens is 222 g/mol. The molecule has 2 N–H and O–H groups in total. The molecule has 0 saturated carbocycles. The van der Waals surface area contributed by atoms with Gasteiger partial charge < -0.3 is 19.9 Å². The van der Waals surface area contributed by atoms with Crippen LogP contribution in [0.4, 0.5) is 0 Å². The van der Waals surface area contributed by atoms with Crippen LogP contribution >= 0.6 is 0 Å². The Morgan fingerprint density at radius 3 is 2.94 bits per heavy atom. The predicted octanol–water partition coefficient (Wildman–Crippen LogP) is 1.20. The highest BCUT2D eigenvalue weighted by molar-refractivity contribution is 5.78. The van der Waals surface area contributed by atoms with Crippen LogP contribution in [0.1, 0.15) is 18.9 Å². The smallest absolute Gasteiger partial charge is 0.246 e. The van der Waals surface area contributed by atoms with E-state index in [0.717, 1.165) is 11.3 Å². The summed E-state index contributed by atoms with van der Waals surface area (Å²) >= 11 is 0. The summed E-state index contributed by atoms with van der Waals surface area (Å²) in [6.45, 7) is 2.44. The van der Waals surface area contributed by atoms with Crippen LogP contribution in [0.25, 0.3) is 0 Å². The second kappa shape index (κ2) is 5.05. The third kappa shape index (κ3) is 2.68. The lowest BCUT2D eigenvalue weighted by Gasteiger charge is -2.12. The Morgan fingerprint density at radius 1 is 1.47 bits per heavy atom. The van der Waals surface area contributed by atoms with Crippen molar-refractivity contribution in [3.63, 3.8) is 0 Å². The maximum Gasteiger partial charge on any atom is 0.246 e. The first-order valence-corrected chi connectivity index (χ1v) is 5.50. The molecule has 1 unspecified atom stereocenters. The molecule has 1 aromatic rings. The second-order valence-corrected chi connectivity index (χ2v) is 3.80. The number of amides is 1. The van der Waals surface area contributed by atoms with E-state index in [2.05, 4.69) is 0 Å². The molecule has 1 aromatic carbocycles. The number of rotatable bonds is 5. The summed E-state index contributed by atoms with van der Waals surface area (Å²) in [5, 5.41) is 0. The lowest BCUT2D eigenvalue weighted by molar-refractivity contribution is -0.130. The topological polar surface area (TPSA) is 70.8 Å². The van der Waals surface area contributed by atoms with Gasteiger partial charge in [-0.15, -0.1) is 0 Å². The van der Waals surface area contributed by atoms with Gasteiger partial charge in [0, 0.05) is 0 Å². The largest absolute Gasteiger partial charge is 0.454 e. The molecule has 1 amide bonds. The van der Waals surface area contributed by atoms with E-state index in [0.29, 0.717) is 18.8 Å². The van der Waals surface area contributed by atoms with E-state index >= 15 is 0 Å². The van der Waals surface area contributed by atoms with Gasteiger partial charge in [-0.2, -0.15) is 0 Å². The number of benzene rings is 1. The van der Waals surface area contributed by atoms with Crippen LogP contribution < -0.4 is 15.2 Å². The maximum absolute atomic E-state index is 11.0. The molecule has 1 atom stereocenters. The molecule has 0 saturated heterocycles. The summed E-state index contributed by atoms with van der Waals surface area (Å²) in [4.78, 5) is 11.0. The SMILES string of the molecule is CCC(OCc1ccc2c(c1)OCO2)C(N)=O. The fourth-order valence-electron chi connectivity index (χ4n) is 1.63. The summed E-state index contributed by atoms with van der Waals surface area (Å²) in [6.07, 6.45) is 0.0281. The van der Waals surface area contributed by atoms with E-state index in [1.54, 1.807) is 0 Å². The fourth-order valence-corrected chi connectivity index (χ4v) is 1.63. The van der Waals surface area contributed by atoms with Gasteiger partial charge in [0.05, 0.1) is 6.61 Å². The zero-order valence-electron chi connectivity index (χ0n) is 9.64. The Bertz CT molecular complexity index is 419. The number of fused-ring (bicyclic) bond motifs is 1. The second-order valence-electron chi connectivity index (χ2n) is 3.80. The van der Waals surface area contributed by atoms with Gasteiger partial charge in [-0.05, 0) is 24.1 Å². The number of hydrogen-bond acceptors (Lipinski definition) is 4. The number of hydrogen-bond donors (Lipinski definition) is 1. The number of carbonyl (C=O) groups is 1. The summed E-state index contributed by atoms with van der Waals surface area (Å²) in [5.74, 6) is 1.00. The minimum Gasteiger partial charge on any atom is -0.454 e. The highest BCUT2D eigenvalue weighted by Gasteiger charge is 2.16. The van der Waals surface area contributed by atoms with E-state index in [1.807, 2.05) is 25.1 Å². The molecule has 0 bridgehead atoms. The van der Waals surface area contributed by atoms with E-state index in [9.17, 15) is 4.79 Å². The normalized spacial score (nSPS) is 14.6. The van der Waals surface area contributed by atoms with Gasteiger partial charge in [-0.25, -0.2) is 0 Å². The van der Waals surface area contributed by atoms with Crippen molar-refractivity contribution in [1.29, 1.82) is 0 Å². The number of primary amides is 1. The van der Waals surface area contributed by atoms with Crippen molar-refractivity contribution >= 4 is 5.91 Å². The quantitative estimate of drug-likeness (QED) is 0.835. The molecule has 0 aromatic heterocycles. The van der Waals surface area contributed by atoms with Gasteiger partial charge in [-0.1, -0.05) is 13.0 Å². The molecule has 1 aliphatic heterocycles. The molecule has 0 fully saturated rings. The van der Waals surface area contributed by atoms with Crippen LogP contribution in [-0.4, -0.2) is 18.8 Å². The predicted molar refractivity (Wildman–Crippen MR) is 60.6 cm³/mol. The Labute approximate surface area is 99.5 Å². The Hall–Kier alpha value is -1.75. The van der Waals surface area contributed by atoms with Crippen molar-refractivity contribution in [3.05, 3.63) is 23.8 Å². The van der Waals surface area contributed by atoms with Gasteiger partial charge in [0.1, 0.15) is 6.10 Å². The molecular formula is C12H15NO4. The van der Waals surface area contributed by atoms with E-state index in [-0.39, 0.29) is 6.79 Å². The number of nitrogens with two attached hydrogens (primary N) is 1. The molecule has 5 nitrogen and oxygen atoms in total. The van der Waals surface area contributed by atoms with Crippen LogP contribution in [0.5, 0.6) is 11.5 Å². The van der Waals surface area contributed by atoms with Crippen molar-refractivity contribution < 1.29 is 19.0 Å². The minimum absolute atomic E-state index is 0.249. The molecule has 0 radical (unpaired) electrons. The maximum atomic E-state index is 11.0. The summed E-state index contributed by atoms with van der Waals surface area (Å²) < 4.78 is 15.9. The Kier molecular flexibility index (Phi) is 3.49. The van der Waals surface area contributed by atoms with Crippen LogP contribution in [0.3, 0.4) is 0 Å². The monoisotopic (exact) mass is 237 g/mol. The van der Waals surface area contributed by atoms with E-state index in [4.69, 9.17) is 19.9 Å². The standard InChI is InChI=1S/C12H15NO4/c1-2-9(12(13)14)15-6-8-3-4-10-11(5-8)17-7-16-10/h3-5,9H,2,6-7H2,1H3,(H2,13,14). The zero-order chi connectivity index (χ0) is 12.3. The molecule has 17 heavy (non-hydrogen) atoms. The Balaban J connectivity index is 1.97. The Morgan fingerprint density at radius 2 is 2.24 bits per heavy atom. The van der Waals surface area contributed by atoms with E-state index < -0.39 is 12.0 Å². The molecule has 1 heterocycles. The van der Waals surface area contributed by atoms with Crippen LogP contribution in [0.2, 0.25) is 0 Å². The number of carbonyl (C=O) groups excluding carboxylic acids is 1. The first-order chi connectivity index (χ1) is 8.20. The molecule has 92 valence electrons. The van der Waals surface area contributed by atoms with Gasteiger partial charge in [0.25, 0.3) is 0 Å². The summed E-state index contributed by atoms with van der Waals surface area (Å²) in [5.41, 5.74) is 6.12. The molecule has 5 heteroatoms. The lowest BCUT2D eigenvalue weighted by atomic mass is 10.2. The van der Waals surface area contributed by atoms with Crippen molar-refractivity contribution in [2.75, 3.05) is 6.79 Å². The van der Waals surface area contributed by atoms with Crippen molar-refractivity contribution in [2.45, 2.75) is 26.1 Å². The molecule has 0 spiro atoms. The first kappa shape index (κ1) is 11.7. The minimum atomic E-state index is -0.541. The summed E-state index contributed by atoms with van der Waals surface area (Å²) in [6, 6.07) is 5.55. The van der Waals surface area contributed by atoms with Crippen LogP contribution in [-0.2, 0) is 16.1 Å². The van der Waals surface area contributed by atoms with Crippen LogP contribution in [0, 0.1) is 0 Å².